The fourth-order valence-corrected chi connectivity index (χ4v) is 2.89. The van der Waals surface area contributed by atoms with Crippen LogP contribution in [0.2, 0.25) is 0 Å². The SMILES string of the molecule is Cc1ccnc(NC(=O)C(C)Oc2ccc(-c3cnc4ccccc4n3)cc2)c1. The number of benzene rings is 2. The van der Waals surface area contributed by atoms with Crippen LogP contribution in [-0.2, 0) is 4.79 Å². The zero-order chi connectivity index (χ0) is 20.2. The lowest BCUT2D eigenvalue weighted by atomic mass is 10.1. The van der Waals surface area contributed by atoms with Crippen LogP contribution >= 0.6 is 0 Å². The van der Waals surface area contributed by atoms with Crippen molar-refractivity contribution < 1.29 is 9.53 Å². The Morgan fingerprint density at radius 3 is 2.52 bits per heavy atom. The van der Waals surface area contributed by atoms with E-state index in [0.29, 0.717) is 11.6 Å². The van der Waals surface area contributed by atoms with Crippen molar-refractivity contribution in [3.63, 3.8) is 0 Å². The smallest absolute Gasteiger partial charge is 0.266 e. The Morgan fingerprint density at radius 2 is 1.76 bits per heavy atom. The quantitative estimate of drug-likeness (QED) is 0.552. The Kier molecular flexibility index (Phi) is 5.16. The Hall–Kier alpha value is -3.80. The summed E-state index contributed by atoms with van der Waals surface area (Å²) in [5.41, 5.74) is 4.44. The van der Waals surface area contributed by atoms with Crippen molar-refractivity contribution in [2.45, 2.75) is 20.0 Å². The van der Waals surface area contributed by atoms with Gasteiger partial charge in [-0.15, -0.1) is 0 Å². The first kappa shape index (κ1) is 18.6. The van der Waals surface area contributed by atoms with Gasteiger partial charge in [0.25, 0.3) is 5.91 Å². The zero-order valence-corrected chi connectivity index (χ0v) is 16.2. The zero-order valence-electron chi connectivity index (χ0n) is 16.2. The predicted molar refractivity (Wildman–Crippen MR) is 113 cm³/mol. The third kappa shape index (κ3) is 4.38. The van der Waals surface area contributed by atoms with Crippen molar-refractivity contribution in [1.29, 1.82) is 0 Å². The fraction of sp³-hybridized carbons (Fsp3) is 0.130. The maximum atomic E-state index is 12.3. The molecule has 0 aliphatic carbocycles. The van der Waals surface area contributed by atoms with Crippen molar-refractivity contribution in [3.05, 3.63) is 78.6 Å². The lowest BCUT2D eigenvalue weighted by Crippen LogP contribution is -2.30. The number of hydrogen-bond acceptors (Lipinski definition) is 5. The molecule has 4 aromatic rings. The van der Waals surface area contributed by atoms with Crippen molar-refractivity contribution in [1.82, 2.24) is 15.0 Å². The highest BCUT2D eigenvalue weighted by molar-refractivity contribution is 5.93. The van der Waals surface area contributed by atoms with E-state index >= 15 is 0 Å². The van der Waals surface area contributed by atoms with Crippen molar-refractivity contribution in [2.75, 3.05) is 5.32 Å². The monoisotopic (exact) mass is 384 g/mol. The van der Waals surface area contributed by atoms with Crippen LogP contribution in [0.3, 0.4) is 0 Å². The third-order valence-corrected chi connectivity index (χ3v) is 4.45. The molecule has 0 fully saturated rings. The molecule has 6 heteroatoms. The molecule has 1 unspecified atom stereocenters. The summed E-state index contributed by atoms with van der Waals surface area (Å²) < 4.78 is 5.76. The number of aromatic nitrogens is 3. The number of nitrogens with one attached hydrogen (secondary N) is 1. The number of carbonyl (C=O) groups excluding carboxylic acids is 1. The first-order valence-electron chi connectivity index (χ1n) is 9.31. The molecule has 29 heavy (non-hydrogen) atoms. The summed E-state index contributed by atoms with van der Waals surface area (Å²) in [5, 5.41) is 2.76. The first-order chi connectivity index (χ1) is 14.1. The van der Waals surface area contributed by atoms with E-state index in [1.807, 2.05) is 67.6 Å². The van der Waals surface area contributed by atoms with Crippen LogP contribution in [0.1, 0.15) is 12.5 Å². The topological polar surface area (TPSA) is 77.0 Å². The van der Waals surface area contributed by atoms with Crippen molar-refractivity contribution in [2.24, 2.45) is 0 Å². The molecule has 2 heterocycles. The van der Waals surface area contributed by atoms with Gasteiger partial charge in [-0.05, 0) is 67.9 Å². The highest BCUT2D eigenvalue weighted by Gasteiger charge is 2.15. The second-order valence-electron chi connectivity index (χ2n) is 6.74. The number of pyridine rings is 1. The van der Waals surface area contributed by atoms with Crippen LogP contribution in [0.15, 0.2) is 73.1 Å². The summed E-state index contributed by atoms with van der Waals surface area (Å²) in [6, 6.07) is 18.9. The van der Waals surface area contributed by atoms with Gasteiger partial charge in [-0.2, -0.15) is 0 Å². The largest absolute Gasteiger partial charge is 0.481 e. The highest BCUT2D eigenvalue weighted by Crippen LogP contribution is 2.23. The summed E-state index contributed by atoms with van der Waals surface area (Å²) in [5.74, 6) is 0.852. The van der Waals surface area contributed by atoms with E-state index in [9.17, 15) is 4.79 Å². The van der Waals surface area contributed by atoms with Crippen LogP contribution in [0.4, 0.5) is 5.82 Å². The summed E-state index contributed by atoms with van der Waals surface area (Å²) in [6.45, 7) is 3.65. The molecule has 1 amide bonds. The summed E-state index contributed by atoms with van der Waals surface area (Å²) in [7, 11) is 0. The van der Waals surface area contributed by atoms with Crippen LogP contribution in [-0.4, -0.2) is 27.0 Å². The number of anilines is 1. The van der Waals surface area contributed by atoms with Gasteiger partial charge in [0, 0.05) is 11.8 Å². The lowest BCUT2D eigenvalue weighted by molar-refractivity contribution is -0.122. The second kappa shape index (κ2) is 8.06. The minimum Gasteiger partial charge on any atom is -0.481 e. The van der Waals surface area contributed by atoms with Crippen molar-refractivity contribution >= 4 is 22.8 Å². The van der Waals surface area contributed by atoms with Crippen LogP contribution < -0.4 is 10.1 Å². The van der Waals surface area contributed by atoms with E-state index in [1.54, 1.807) is 19.3 Å². The molecule has 1 N–H and O–H groups in total. The van der Waals surface area contributed by atoms with Gasteiger partial charge >= 0.3 is 0 Å². The molecule has 2 aromatic carbocycles. The van der Waals surface area contributed by atoms with Gasteiger partial charge in [-0.25, -0.2) is 9.97 Å². The predicted octanol–water partition coefficient (Wildman–Crippen LogP) is 4.41. The highest BCUT2D eigenvalue weighted by atomic mass is 16.5. The molecular weight excluding hydrogens is 364 g/mol. The number of para-hydroxylation sites is 2. The number of fused-ring (bicyclic) bond motifs is 1. The van der Waals surface area contributed by atoms with Crippen LogP contribution in [0.5, 0.6) is 5.75 Å². The molecule has 0 radical (unpaired) electrons. The maximum Gasteiger partial charge on any atom is 0.266 e. The number of ether oxygens (including phenoxy) is 1. The van der Waals surface area contributed by atoms with Crippen molar-refractivity contribution in [3.8, 4) is 17.0 Å². The lowest BCUT2D eigenvalue weighted by Gasteiger charge is -2.15. The van der Waals surface area contributed by atoms with E-state index in [4.69, 9.17) is 4.74 Å². The number of rotatable bonds is 5. The Morgan fingerprint density at radius 1 is 1.00 bits per heavy atom. The molecule has 6 nitrogen and oxygen atoms in total. The standard InChI is InChI=1S/C23H20N4O2/c1-15-11-12-24-22(13-15)27-23(28)16(2)29-18-9-7-17(8-10-18)21-14-25-19-5-3-4-6-20(19)26-21/h3-14,16H,1-2H3,(H,24,27,28). The molecule has 2 aromatic heterocycles. The maximum absolute atomic E-state index is 12.3. The molecule has 0 spiro atoms. The van der Waals surface area contributed by atoms with Gasteiger partial charge in [0.15, 0.2) is 6.10 Å². The van der Waals surface area contributed by atoms with Crippen LogP contribution in [0, 0.1) is 6.92 Å². The van der Waals surface area contributed by atoms with E-state index in [-0.39, 0.29) is 5.91 Å². The Balaban J connectivity index is 1.43. The number of nitrogens with zero attached hydrogens (tertiary/aromatic N) is 3. The van der Waals surface area contributed by atoms with E-state index in [1.165, 1.54) is 0 Å². The molecule has 144 valence electrons. The molecule has 1 atom stereocenters. The first-order valence-corrected chi connectivity index (χ1v) is 9.31. The number of amides is 1. The van der Waals surface area contributed by atoms with Gasteiger partial charge in [0.1, 0.15) is 11.6 Å². The molecule has 0 saturated carbocycles. The minimum atomic E-state index is -0.663. The fourth-order valence-electron chi connectivity index (χ4n) is 2.89. The number of aryl methyl sites for hydroxylation is 1. The Labute approximate surface area is 168 Å². The molecular formula is C23H20N4O2. The van der Waals surface area contributed by atoms with Gasteiger partial charge < -0.3 is 10.1 Å². The third-order valence-electron chi connectivity index (χ3n) is 4.45. The van der Waals surface area contributed by atoms with E-state index in [2.05, 4.69) is 20.3 Å². The Bertz CT molecular complexity index is 1160. The number of hydrogen-bond donors (Lipinski definition) is 1. The summed E-state index contributed by atoms with van der Waals surface area (Å²) >= 11 is 0. The molecule has 0 bridgehead atoms. The molecule has 0 aliphatic rings. The average molecular weight is 384 g/mol. The van der Waals surface area contributed by atoms with Crippen LogP contribution in [0.25, 0.3) is 22.3 Å². The van der Waals surface area contributed by atoms with Gasteiger partial charge in [0.2, 0.25) is 0 Å². The van der Waals surface area contributed by atoms with Gasteiger partial charge in [-0.1, -0.05) is 12.1 Å². The second-order valence-corrected chi connectivity index (χ2v) is 6.74. The normalized spacial score (nSPS) is 11.8. The molecule has 0 aliphatic heterocycles. The van der Waals surface area contributed by atoms with Gasteiger partial charge in [0.05, 0.1) is 22.9 Å². The van der Waals surface area contributed by atoms with E-state index < -0.39 is 6.10 Å². The minimum absolute atomic E-state index is 0.257. The van der Waals surface area contributed by atoms with E-state index in [0.717, 1.165) is 27.9 Å². The van der Waals surface area contributed by atoms with Gasteiger partial charge in [-0.3, -0.25) is 9.78 Å². The number of carbonyl (C=O) groups is 1. The molecule has 4 rings (SSSR count). The summed E-state index contributed by atoms with van der Waals surface area (Å²) in [6.07, 6.45) is 2.75. The summed E-state index contributed by atoms with van der Waals surface area (Å²) in [4.78, 5) is 25.6. The average Bonchev–Trinajstić information content (AvgIpc) is 2.74. The molecule has 0 saturated heterocycles.